The maximum atomic E-state index is 6.23. The number of nitrogen functional groups attached to an aromatic ring is 1. The Hall–Kier alpha value is -1.38. The summed E-state index contributed by atoms with van der Waals surface area (Å²) in [5.74, 6) is 0. The van der Waals surface area contributed by atoms with E-state index >= 15 is 0 Å². The van der Waals surface area contributed by atoms with Gasteiger partial charge in [0.05, 0.1) is 0 Å². The van der Waals surface area contributed by atoms with Gasteiger partial charge in [-0.1, -0.05) is 35.3 Å². The van der Waals surface area contributed by atoms with E-state index in [4.69, 9.17) is 28.9 Å². The van der Waals surface area contributed by atoms with Crippen molar-refractivity contribution >= 4 is 34.6 Å². The second-order valence-corrected chi connectivity index (χ2v) is 5.60. The van der Waals surface area contributed by atoms with Crippen LogP contribution in [0.15, 0.2) is 36.4 Å². The lowest BCUT2D eigenvalue weighted by Crippen LogP contribution is -2.19. The second-order valence-electron chi connectivity index (χ2n) is 4.75. The van der Waals surface area contributed by atoms with Crippen LogP contribution in [0.4, 0.5) is 11.4 Å². The van der Waals surface area contributed by atoms with Crippen LogP contribution in [0.1, 0.15) is 11.1 Å². The van der Waals surface area contributed by atoms with Crippen LogP contribution in [0.5, 0.6) is 0 Å². The smallest absolute Gasteiger partial charge is 0.0470 e. The van der Waals surface area contributed by atoms with E-state index in [0.717, 1.165) is 30.8 Å². The summed E-state index contributed by atoms with van der Waals surface area (Å²) in [6.07, 6.45) is 0.993. The number of nitrogens with two attached hydrogens (primary N) is 1. The average molecular weight is 293 g/mol. The summed E-state index contributed by atoms with van der Waals surface area (Å²) < 4.78 is 0. The highest BCUT2D eigenvalue weighted by Gasteiger charge is 2.21. The fraction of sp³-hybridized carbons (Fsp3) is 0.200. The molecule has 0 aliphatic carbocycles. The highest BCUT2D eigenvalue weighted by Crippen LogP contribution is 2.34. The number of fused-ring (bicyclic) bond motifs is 1. The van der Waals surface area contributed by atoms with Gasteiger partial charge in [0.25, 0.3) is 0 Å². The zero-order valence-corrected chi connectivity index (χ0v) is 11.9. The zero-order valence-electron chi connectivity index (χ0n) is 10.4. The predicted octanol–water partition coefficient (Wildman–Crippen LogP) is 4.14. The molecule has 19 heavy (non-hydrogen) atoms. The molecule has 0 amide bonds. The Kier molecular flexibility index (Phi) is 3.29. The molecule has 3 rings (SSSR count). The van der Waals surface area contributed by atoms with Crippen molar-refractivity contribution in [1.29, 1.82) is 0 Å². The van der Waals surface area contributed by atoms with Gasteiger partial charge in [0.2, 0.25) is 0 Å². The fourth-order valence-electron chi connectivity index (χ4n) is 2.55. The molecule has 0 atom stereocenters. The second kappa shape index (κ2) is 4.95. The number of rotatable bonds is 2. The molecule has 2 nitrogen and oxygen atoms in total. The van der Waals surface area contributed by atoms with Crippen LogP contribution >= 0.6 is 23.2 Å². The van der Waals surface area contributed by atoms with Crippen molar-refractivity contribution in [3.05, 3.63) is 57.6 Å². The summed E-state index contributed by atoms with van der Waals surface area (Å²) in [7, 11) is 0. The van der Waals surface area contributed by atoms with Gasteiger partial charge in [-0.25, -0.2) is 0 Å². The molecule has 0 saturated heterocycles. The quantitative estimate of drug-likeness (QED) is 0.843. The Labute approximate surface area is 122 Å². The number of hydrogen-bond donors (Lipinski definition) is 1. The van der Waals surface area contributed by atoms with Crippen molar-refractivity contribution in [1.82, 2.24) is 0 Å². The Morgan fingerprint density at radius 1 is 1.16 bits per heavy atom. The van der Waals surface area contributed by atoms with Gasteiger partial charge in [0, 0.05) is 40.1 Å². The molecule has 1 heterocycles. The van der Waals surface area contributed by atoms with Crippen LogP contribution < -0.4 is 10.6 Å². The molecule has 2 aromatic carbocycles. The topological polar surface area (TPSA) is 29.3 Å². The van der Waals surface area contributed by atoms with Crippen molar-refractivity contribution in [3.8, 4) is 0 Å². The molecule has 2 N–H and O–H groups in total. The molecule has 0 fully saturated rings. The zero-order chi connectivity index (χ0) is 13.4. The van der Waals surface area contributed by atoms with Crippen LogP contribution in [-0.2, 0) is 13.0 Å². The number of benzene rings is 2. The predicted molar refractivity (Wildman–Crippen MR) is 82.1 cm³/mol. The van der Waals surface area contributed by atoms with E-state index in [2.05, 4.69) is 11.0 Å². The monoisotopic (exact) mass is 292 g/mol. The van der Waals surface area contributed by atoms with E-state index in [1.165, 1.54) is 11.3 Å². The van der Waals surface area contributed by atoms with Crippen molar-refractivity contribution in [2.24, 2.45) is 0 Å². The Morgan fingerprint density at radius 3 is 2.79 bits per heavy atom. The third-order valence-electron chi connectivity index (χ3n) is 3.54. The van der Waals surface area contributed by atoms with Gasteiger partial charge in [-0.2, -0.15) is 0 Å². The third kappa shape index (κ3) is 2.38. The van der Waals surface area contributed by atoms with E-state index in [0.29, 0.717) is 10.0 Å². The molecule has 0 radical (unpaired) electrons. The van der Waals surface area contributed by atoms with Gasteiger partial charge < -0.3 is 10.6 Å². The fourth-order valence-corrected chi connectivity index (χ4v) is 3.02. The van der Waals surface area contributed by atoms with Crippen LogP contribution in [-0.4, -0.2) is 6.54 Å². The van der Waals surface area contributed by atoms with E-state index < -0.39 is 0 Å². The van der Waals surface area contributed by atoms with Crippen molar-refractivity contribution in [2.75, 3.05) is 17.2 Å². The van der Waals surface area contributed by atoms with Gasteiger partial charge in [-0.3, -0.25) is 0 Å². The molecule has 0 unspecified atom stereocenters. The molecule has 1 aliphatic heterocycles. The molecule has 0 spiro atoms. The Bertz CT molecular complexity index is 626. The van der Waals surface area contributed by atoms with Gasteiger partial charge in [0.1, 0.15) is 0 Å². The van der Waals surface area contributed by atoms with Gasteiger partial charge >= 0.3 is 0 Å². The van der Waals surface area contributed by atoms with Gasteiger partial charge in [-0.15, -0.1) is 0 Å². The molecule has 4 heteroatoms. The molecule has 98 valence electrons. The van der Waals surface area contributed by atoms with Crippen LogP contribution in [0.2, 0.25) is 10.0 Å². The summed E-state index contributed by atoms with van der Waals surface area (Å²) in [4.78, 5) is 2.31. The van der Waals surface area contributed by atoms with Gasteiger partial charge in [0.15, 0.2) is 0 Å². The molecular weight excluding hydrogens is 279 g/mol. The minimum atomic E-state index is 0.666. The lowest BCUT2D eigenvalue weighted by atomic mass is 10.1. The SMILES string of the molecule is Nc1cccc2c1CCN2Cc1ccc(Cl)cc1Cl. The summed E-state index contributed by atoms with van der Waals surface area (Å²) >= 11 is 12.2. The first kappa shape index (κ1) is 12.6. The minimum Gasteiger partial charge on any atom is -0.398 e. The normalized spacial score (nSPS) is 13.7. The molecule has 2 aromatic rings. The standard InChI is InChI=1S/C15H14Cl2N2/c16-11-5-4-10(13(17)8-11)9-19-7-6-12-14(18)2-1-3-15(12)19/h1-5,8H,6-7,9,18H2. The summed E-state index contributed by atoms with van der Waals surface area (Å²) in [5, 5.41) is 1.38. The maximum Gasteiger partial charge on any atom is 0.0470 e. The van der Waals surface area contributed by atoms with Crippen LogP contribution in [0.3, 0.4) is 0 Å². The average Bonchev–Trinajstić information content (AvgIpc) is 2.78. The number of nitrogens with zero attached hydrogens (tertiary/aromatic N) is 1. The van der Waals surface area contributed by atoms with Crippen molar-refractivity contribution in [3.63, 3.8) is 0 Å². The lowest BCUT2D eigenvalue weighted by Gasteiger charge is -2.20. The van der Waals surface area contributed by atoms with Crippen molar-refractivity contribution in [2.45, 2.75) is 13.0 Å². The van der Waals surface area contributed by atoms with E-state index in [1.54, 1.807) is 6.07 Å². The highest BCUT2D eigenvalue weighted by molar-refractivity contribution is 6.35. The van der Waals surface area contributed by atoms with E-state index in [1.807, 2.05) is 24.3 Å². The molecule has 0 aromatic heterocycles. The molecule has 0 bridgehead atoms. The maximum absolute atomic E-state index is 6.23. The number of halogens is 2. The third-order valence-corrected chi connectivity index (χ3v) is 4.12. The van der Waals surface area contributed by atoms with Crippen LogP contribution in [0, 0.1) is 0 Å². The number of anilines is 2. The lowest BCUT2D eigenvalue weighted by molar-refractivity contribution is 0.836. The van der Waals surface area contributed by atoms with Gasteiger partial charge in [-0.05, 0) is 36.2 Å². The first-order valence-corrected chi connectivity index (χ1v) is 6.97. The number of hydrogen-bond acceptors (Lipinski definition) is 2. The molecule has 1 aliphatic rings. The first-order valence-electron chi connectivity index (χ1n) is 6.21. The highest BCUT2D eigenvalue weighted by atomic mass is 35.5. The minimum absolute atomic E-state index is 0.666. The summed E-state index contributed by atoms with van der Waals surface area (Å²) in [6.45, 7) is 1.76. The Balaban J connectivity index is 1.89. The van der Waals surface area contributed by atoms with Crippen LogP contribution in [0.25, 0.3) is 0 Å². The molecular formula is C15H14Cl2N2. The Morgan fingerprint density at radius 2 is 2.00 bits per heavy atom. The largest absolute Gasteiger partial charge is 0.398 e. The van der Waals surface area contributed by atoms with E-state index in [-0.39, 0.29) is 0 Å². The summed E-state index contributed by atoms with van der Waals surface area (Å²) in [6, 6.07) is 11.7. The van der Waals surface area contributed by atoms with Crippen molar-refractivity contribution < 1.29 is 0 Å². The first-order chi connectivity index (χ1) is 9.15. The van der Waals surface area contributed by atoms with E-state index in [9.17, 15) is 0 Å². The molecule has 0 saturated carbocycles. The summed E-state index contributed by atoms with van der Waals surface area (Å²) in [5.41, 5.74) is 10.4.